The third-order valence-corrected chi connectivity index (χ3v) is 6.62. The van der Waals surface area contributed by atoms with Crippen LogP contribution in [-0.2, 0) is 0 Å². The van der Waals surface area contributed by atoms with Crippen molar-refractivity contribution in [2.24, 2.45) is 4.99 Å². The Balaban J connectivity index is 1.53. The molecule has 4 nitrogen and oxygen atoms in total. The zero-order valence-corrected chi connectivity index (χ0v) is 21.3. The molecule has 6 aromatic rings. The van der Waals surface area contributed by atoms with Crippen LogP contribution in [0.15, 0.2) is 126 Å². The number of hydrogen-bond donors (Lipinski definition) is 0. The van der Waals surface area contributed by atoms with Crippen LogP contribution in [-0.4, -0.2) is 20.7 Å². The SMILES string of the molecule is CC(=Nc1c(C)ccc2ccc(-c3nc(-c4ccccc4)nc(-c4ccccc4)n3)cc12)c1ccccc1. The molecule has 0 atom stereocenters. The van der Waals surface area contributed by atoms with Crippen LogP contribution in [0, 0.1) is 6.92 Å². The topological polar surface area (TPSA) is 51.0 Å². The molecule has 1 aromatic heterocycles. The van der Waals surface area contributed by atoms with Gasteiger partial charge in [-0.2, -0.15) is 0 Å². The standard InChI is InChI=1S/C34H26N4/c1-23-18-19-26-20-21-29(22-30(26)31(23)35-24(2)25-12-6-3-7-13-25)34-37-32(27-14-8-4-9-15-27)36-33(38-34)28-16-10-5-11-17-28/h3-22H,1-2H3. The molecule has 0 radical (unpaired) electrons. The van der Waals surface area contributed by atoms with Gasteiger partial charge in [0.25, 0.3) is 0 Å². The van der Waals surface area contributed by atoms with Crippen LogP contribution in [0.3, 0.4) is 0 Å². The Hall–Kier alpha value is -4.96. The van der Waals surface area contributed by atoms with Gasteiger partial charge in [0.1, 0.15) is 0 Å². The number of fused-ring (bicyclic) bond motifs is 1. The summed E-state index contributed by atoms with van der Waals surface area (Å²) in [6.45, 7) is 4.16. The predicted octanol–water partition coefficient (Wildman–Crippen LogP) is 8.47. The molecule has 0 N–H and O–H groups in total. The van der Waals surface area contributed by atoms with Crippen LogP contribution in [0.4, 0.5) is 5.69 Å². The van der Waals surface area contributed by atoms with Crippen molar-refractivity contribution in [2.75, 3.05) is 0 Å². The van der Waals surface area contributed by atoms with Crippen LogP contribution in [0.1, 0.15) is 18.1 Å². The minimum absolute atomic E-state index is 0.635. The molecule has 0 saturated carbocycles. The van der Waals surface area contributed by atoms with E-state index in [1.807, 2.05) is 78.9 Å². The third-order valence-electron chi connectivity index (χ3n) is 6.62. The van der Waals surface area contributed by atoms with Gasteiger partial charge in [0.2, 0.25) is 0 Å². The molecule has 0 saturated heterocycles. The fourth-order valence-electron chi connectivity index (χ4n) is 4.55. The number of aromatic nitrogens is 3. The van der Waals surface area contributed by atoms with E-state index >= 15 is 0 Å². The second kappa shape index (κ2) is 10.2. The predicted molar refractivity (Wildman–Crippen MR) is 157 cm³/mol. The van der Waals surface area contributed by atoms with E-state index in [-0.39, 0.29) is 0 Å². The summed E-state index contributed by atoms with van der Waals surface area (Å²) in [5, 5.41) is 2.19. The molecule has 38 heavy (non-hydrogen) atoms. The second-order valence-corrected chi connectivity index (χ2v) is 9.27. The smallest absolute Gasteiger partial charge is 0.164 e. The van der Waals surface area contributed by atoms with Crippen molar-refractivity contribution < 1.29 is 0 Å². The van der Waals surface area contributed by atoms with Crippen molar-refractivity contribution in [2.45, 2.75) is 13.8 Å². The van der Waals surface area contributed by atoms with Gasteiger partial charge in [0, 0.05) is 27.8 Å². The van der Waals surface area contributed by atoms with E-state index in [1.54, 1.807) is 0 Å². The van der Waals surface area contributed by atoms with E-state index in [1.165, 1.54) is 0 Å². The van der Waals surface area contributed by atoms with Crippen LogP contribution in [0.2, 0.25) is 0 Å². The van der Waals surface area contributed by atoms with Crippen LogP contribution >= 0.6 is 0 Å². The zero-order valence-electron chi connectivity index (χ0n) is 21.3. The molecule has 4 heteroatoms. The van der Waals surface area contributed by atoms with Gasteiger partial charge in [0.15, 0.2) is 17.5 Å². The van der Waals surface area contributed by atoms with E-state index in [4.69, 9.17) is 19.9 Å². The first kappa shape index (κ1) is 23.4. The van der Waals surface area contributed by atoms with Crippen molar-refractivity contribution >= 4 is 22.2 Å². The highest BCUT2D eigenvalue weighted by atomic mass is 15.0. The van der Waals surface area contributed by atoms with Crippen molar-refractivity contribution in [1.29, 1.82) is 0 Å². The monoisotopic (exact) mass is 490 g/mol. The highest BCUT2D eigenvalue weighted by molar-refractivity contribution is 6.04. The lowest BCUT2D eigenvalue weighted by molar-refractivity contribution is 1.07. The lowest BCUT2D eigenvalue weighted by Gasteiger charge is -2.11. The molecule has 0 spiro atoms. The second-order valence-electron chi connectivity index (χ2n) is 9.27. The summed E-state index contributed by atoms with van der Waals surface area (Å²) in [6.07, 6.45) is 0. The number of hydrogen-bond acceptors (Lipinski definition) is 4. The molecule has 0 aliphatic heterocycles. The molecule has 6 rings (SSSR count). The summed E-state index contributed by atoms with van der Waals surface area (Å²) in [4.78, 5) is 19.7. The summed E-state index contributed by atoms with van der Waals surface area (Å²) in [6, 6.07) is 41.0. The Kier molecular flexibility index (Phi) is 6.29. The Morgan fingerprint density at radius 1 is 0.553 bits per heavy atom. The summed E-state index contributed by atoms with van der Waals surface area (Å²) in [7, 11) is 0. The van der Waals surface area contributed by atoms with E-state index in [9.17, 15) is 0 Å². The van der Waals surface area contributed by atoms with Gasteiger partial charge >= 0.3 is 0 Å². The summed E-state index contributed by atoms with van der Waals surface area (Å²) in [5.74, 6) is 1.93. The van der Waals surface area contributed by atoms with Crippen molar-refractivity contribution in [3.8, 4) is 34.2 Å². The van der Waals surface area contributed by atoms with Crippen LogP contribution in [0.5, 0.6) is 0 Å². The summed E-state index contributed by atoms with van der Waals surface area (Å²) >= 11 is 0. The molecule has 0 amide bonds. The number of nitrogens with zero attached hydrogens (tertiary/aromatic N) is 4. The van der Waals surface area contributed by atoms with Crippen molar-refractivity contribution in [3.05, 3.63) is 132 Å². The average Bonchev–Trinajstić information content (AvgIpc) is 2.99. The fourth-order valence-corrected chi connectivity index (χ4v) is 4.55. The summed E-state index contributed by atoms with van der Waals surface area (Å²) in [5.41, 5.74) is 7.00. The zero-order chi connectivity index (χ0) is 25.9. The van der Waals surface area contributed by atoms with Gasteiger partial charge in [-0.15, -0.1) is 0 Å². The highest BCUT2D eigenvalue weighted by Gasteiger charge is 2.14. The van der Waals surface area contributed by atoms with E-state index in [0.717, 1.165) is 50.0 Å². The maximum Gasteiger partial charge on any atom is 0.164 e. The van der Waals surface area contributed by atoms with E-state index < -0.39 is 0 Å². The molecule has 0 aliphatic carbocycles. The van der Waals surface area contributed by atoms with Crippen molar-refractivity contribution in [1.82, 2.24) is 15.0 Å². The number of aryl methyl sites for hydroxylation is 1. The average molecular weight is 491 g/mol. The molecule has 0 fully saturated rings. The van der Waals surface area contributed by atoms with Crippen LogP contribution in [0.25, 0.3) is 44.9 Å². The highest BCUT2D eigenvalue weighted by Crippen LogP contribution is 2.34. The Morgan fingerprint density at radius 2 is 1.05 bits per heavy atom. The molecule has 5 aromatic carbocycles. The molecule has 0 bridgehead atoms. The lowest BCUT2D eigenvalue weighted by atomic mass is 10.0. The lowest BCUT2D eigenvalue weighted by Crippen LogP contribution is -2.00. The van der Waals surface area contributed by atoms with Gasteiger partial charge in [-0.05, 0) is 36.4 Å². The maximum absolute atomic E-state index is 5.09. The first-order valence-corrected chi connectivity index (χ1v) is 12.7. The van der Waals surface area contributed by atoms with E-state index in [2.05, 4.69) is 56.3 Å². The Morgan fingerprint density at radius 3 is 1.63 bits per heavy atom. The van der Waals surface area contributed by atoms with Gasteiger partial charge in [-0.3, -0.25) is 4.99 Å². The normalized spacial score (nSPS) is 11.6. The number of benzene rings is 5. The first-order chi connectivity index (χ1) is 18.7. The van der Waals surface area contributed by atoms with Crippen molar-refractivity contribution in [3.63, 3.8) is 0 Å². The maximum atomic E-state index is 5.09. The Labute approximate surface area is 222 Å². The van der Waals surface area contributed by atoms with Gasteiger partial charge in [-0.1, -0.05) is 115 Å². The minimum Gasteiger partial charge on any atom is -0.252 e. The van der Waals surface area contributed by atoms with Gasteiger partial charge < -0.3 is 0 Å². The third kappa shape index (κ3) is 4.72. The molecule has 0 aliphatic rings. The molecule has 182 valence electrons. The number of aliphatic imine (C=N–C) groups is 1. The van der Waals surface area contributed by atoms with Gasteiger partial charge in [-0.25, -0.2) is 15.0 Å². The molecular formula is C34H26N4. The molecular weight excluding hydrogens is 464 g/mol. The molecule has 1 heterocycles. The van der Waals surface area contributed by atoms with E-state index in [0.29, 0.717) is 17.5 Å². The number of rotatable bonds is 5. The molecule has 0 unspecified atom stereocenters. The summed E-state index contributed by atoms with van der Waals surface area (Å²) < 4.78 is 0. The quantitative estimate of drug-likeness (QED) is 0.228. The minimum atomic E-state index is 0.635. The van der Waals surface area contributed by atoms with Crippen LogP contribution < -0.4 is 0 Å². The largest absolute Gasteiger partial charge is 0.252 e. The Bertz CT molecular complexity index is 1700. The first-order valence-electron chi connectivity index (χ1n) is 12.7. The van der Waals surface area contributed by atoms with Gasteiger partial charge in [0.05, 0.1) is 5.69 Å². The fraction of sp³-hybridized carbons (Fsp3) is 0.0588.